The molecule has 0 aliphatic carbocycles. The number of nitrogens with one attached hydrogen (secondary N) is 1. The van der Waals surface area contributed by atoms with Crippen LogP contribution in [0, 0.1) is 5.92 Å². The van der Waals surface area contributed by atoms with Crippen molar-refractivity contribution in [3.05, 3.63) is 12.7 Å². The lowest BCUT2D eigenvalue weighted by Gasteiger charge is -2.29. The molecule has 0 aliphatic heterocycles. The van der Waals surface area contributed by atoms with Gasteiger partial charge in [-0.25, -0.2) is 0 Å². The van der Waals surface area contributed by atoms with Crippen molar-refractivity contribution in [2.24, 2.45) is 11.8 Å². The van der Waals surface area contributed by atoms with Crippen molar-refractivity contribution >= 4 is 0 Å². The van der Waals surface area contributed by atoms with Crippen molar-refractivity contribution < 1.29 is 4.74 Å². The average molecular weight is 200 g/mol. The van der Waals surface area contributed by atoms with Gasteiger partial charge in [0.15, 0.2) is 0 Å². The van der Waals surface area contributed by atoms with Crippen LogP contribution in [0.1, 0.15) is 33.6 Å². The van der Waals surface area contributed by atoms with Crippen molar-refractivity contribution in [2.45, 2.75) is 45.8 Å². The van der Waals surface area contributed by atoms with Gasteiger partial charge in [-0.3, -0.25) is 11.3 Å². The normalized spacial score (nSPS) is 15.5. The van der Waals surface area contributed by atoms with Crippen LogP contribution in [-0.4, -0.2) is 18.8 Å². The fourth-order valence-corrected chi connectivity index (χ4v) is 1.61. The number of rotatable bonds is 8. The highest BCUT2D eigenvalue weighted by molar-refractivity contribution is 4.81. The minimum absolute atomic E-state index is 0.185. The van der Waals surface area contributed by atoms with Crippen LogP contribution in [0.3, 0.4) is 0 Å². The maximum absolute atomic E-state index is 5.68. The van der Waals surface area contributed by atoms with E-state index in [-0.39, 0.29) is 12.1 Å². The molecule has 2 unspecified atom stereocenters. The van der Waals surface area contributed by atoms with E-state index in [4.69, 9.17) is 10.6 Å². The molecule has 2 atom stereocenters. The van der Waals surface area contributed by atoms with Crippen molar-refractivity contribution in [3.8, 4) is 0 Å². The first-order valence-corrected chi connectivity index (χ1v) is 5.35. The van der Waals surface area contributed by atoms with E-state index in [1.165, 1.54) is 0 Å². The zero-order chi connectivity index (χ0) is 11.0. The Morgan fingerprint density at radius 3 is 2.50 bits per heavy atom. The van der Waals surface area contributed by atoms with Gasteiger partial charge in [0, 0.05) is 12.6 Å². The van der Waals surface area contributed by atoms with Gasteiger partial charge < -0.3 is 4.74 Å². The van der Waals surface area contributed by atoms with Crippen LogP contribution < -0.4 is 11.3 Å². The fourth-order valence-electron chi connectivity index (χ4n) is 1.61. The molecule has 0 aliphatic rings. The minimum atomic E-state index is 0.185. The lowest BCUT2D eigenvalue weighted by Crippen LogP contribution is -2.47. The van der Waals surface area contributed by atoms with E-state index in [0.717, 1.165) is 19.4 Å². The van der Waals surface area contributed by atoms with E-state index >= 15 is 0 Å². The van der Waals surface area contributed by atoms with Crippen LogP contribution in [0.5, 0.6) is 0 Å². The predicted molar refractivity (Wildman–Crippen MR) is 60.8 cm³/mol. The summed E-state index contributed by atoms with van der Waals surface area (Å²) in [5.41, 5.74) is 2.83. The molecule has 0 amide bonds. The molecule has 0 spiro atoms. The Morgan fingerprint density at radius 2 is 2.14 bits per heavy atom. The second kappa shape index (κ2) is 7.97. The summed E-state index contributed by atoms with van der Waals surface area (Å²) in [6.07, 6.45) is 4.03. The van der Waals surface area contributed by atoms with Gasteiger partial charge in [0.05, 0.1) is 6.10 Å². The van der Waals surface area contributed by atoms with Crippen LogP contribution >= 0.6 is 0 Å². The van der Waals surface area contributed by atoms with Gasteiger partial charge in [0.1, 0.15) is 0 Å². The lowest BCUT2D eigenvalue weighted by molar-refractivity contribution is 0.00169. The molecule has 3 N–H and O–H groups in total. The molecule has 0 heterocycles. The van der Waals surface area contributed by atoms with E-state index in [1.54, 1.807) is 0 Å². The monoisotopic (exact) mass is 200 g/mol. The number of hydrazine groups is 1. The average Bonchev–Trinajstić information content (AvgIpc) is 2.17. The number of ether oxygens (including phenoxy) is 1. The third-order valence-corrected chi connectivity index (χ3v) is 2.31. The Hall–Kier alpha value is -0.380. The van der Waals surface area contributed by atoms with Crippen LogP contribution in [0.15, 0.2) is 12.7 Å². The third kappa shape index (κ3) is 4.74. The smallest absolute Gasteiger partial charge is 0.0764 e. The molecule has 0 aromatic heterocycles. The Morgan fingerprint density at radius 1 is 1.50 bits per heavy atom. The number of hydrogen-bond donors (Lipinski definition) is 2. The summed E-state index contributed by atoms with van der Waals surface area (Å²) in [7, 11) is 0. The summed E-state index contributed by atoms with van der Waals surface area (Å²) in [4.78, 5) is 0. The van der Waals surface area contributed by atoms with E-state index in [2.05, 4.69) is 25.9 Å². The number of nitrogens with two attached hydrogens (primary N) is 1. The summed E-state index contributed by atoms with van der Waals surface area (Å²) >= 11 is 0. The zero-order valence-corrected chi connectivity index (χ0v) is 9.62. The minimum Gasteiger partial charge on any atom is -0.377 e. The van der Waals surface area contributed by atoms with Gasteiger partial charge in [-0.1, -0.05) is 19.9 Å². The highest BCUT2D eigenvalue weighted by atomic mass is 16.5. The van der Waals surface area contributed by atoms with Crippen molar-refractivity contribution in [2.75, 3.05) is 6.61 Å². The van der Waals surface area contributed by atoms with Crippen molar-refractivity contribution in [1.82, 2.24) is 5.43 Å². The Labute approximate surface area is 87.7 Å². The summed E-state index contributed by atoms with van der Waals surface area (Å²) in [6, 6.07) is 0.216. The number of hydrogen-bond acceptors (Lipinski definition) is 3. The van der Waals surface area contributed by atoms with Crippen LogP contribution in [0.2, 0.25) is 0 Å². The molecule has 0 aromatic carbocycles. The molecule has 84 valence electrons. The van der Waals surface area contributed by atoms with Gasteiger partial charge in [0.2, 0.25) is 0 Å². The van der Waals surface area contributed by atoms with E-state index in [9.17, 15) is 0 Å². The van der Waals surface area contributed by atoms with Gasteiger partial charge >= 0.3 is 0 Å². The first-order chi connectivity index (χ1) is 6.67. The molecule has 0 fully saturated rings. The molecule has 0 bridgehead atoms. The highest BCUT2D eigenvalue weighted by Crippen LogP contribution is 2.14. The fraction of sp³-hybridized carbons (Fsp3) is 0.818. The zero-order valence-electron chi connectivity index (χ0n) is 9.62. The molecule has 14 heavy (non-hydrogen) atoms. The lowest BCUT2D eigenvalue weighted by atomic mass is 9.96. The van der Waals surface area contributed by atoms with E-state index < -0.39 is 0 Å². The number of allylic oxidation sites excluding steroid dienone is 1. The maximum atomic E-state index is 5.68. The summed E-state index contributed by atoms with van der Waals surface area (Å²) in [5, 5.41) is 0. The van der Waals surface area contributed by atoms with E-state index in [0.29, 0.717) is 5.92 Å². The Kier molecular flexibility index (Phi) is 7.76. The largest absolute Gasteiger partial charge is 0.377 e. The summed E-state index contributed by atoms with van der Waals surface area (Å²) < 4.78 is 5.68. The summed E-state index contributed by atoms with van der Waals surface area (Å²) in [6.45, 7) is 10.8. The van der Waals surface area contributed by atoms with E-state index in [1.807, 2.05) is 13.0 Å². The quantitative estimate of drug-likeness (QED) is 0.357. The third-order valence-electron chi connectivity index (χ3n) is 2.31. The first-order valence-electron chi connectivity index (χ1n) is 5.35. The molecule has 0 aromatic rings. The molecule has 3 nitrogen and oxygen atoms in total. The molecule has 0 rings (SSSR count). The second-order valence-electron chi connectivity index (χ2n) is 3.80. The Balaban J connectivity index is 4.17. The first kappa shape index (κ1) is 13.6. The second-order valence-corrected chi connectivity index (χ2v) is 3.80. The van der Waals surface area contributed by atoms with Crippen molar-refractivity contribution in [1.29, 1.82) is 0 Å². The van der Waals surface area contributed by atoms with Gasteiger partial charge in [-0.15, -0.1) is 6.58 Å². The summed E-state index contributed by atoms with van der Waals surface area (Å²) in [5.74, 6) is 5.99. The van der Waals surface area contributed by atoms with Gasteiger partial charge in [-0.2, -0.15) is 0 Å². The van der Waals surface area contributed by atoms with Crippen molar-refractivity contribution in [3.63, 3.8) is 0 Å². The van der Waals surface area contributed by atoms with Gasteiger partial charge in [-0.05, 0) is 25.7 Å². The Bertz CT molecular complexity index is 148. The predicted octanol–water partition coefficient (Wildman–Crippen LogP) is 1.85. The molecule has 0 saturated heterocycles. The topological polar surface area (TPSA) is 47.3 Å². The SMILES string of the molecule is C=CCCC(NN)C(OCC)C(C)C. The van der Waals surface area contributed by atoms with Crippen LogP contribution in [0.4, 0.5) is 0 Å². The molecule has 0 radical (unpaired) electrons. The standard InChI is InChI=1S/C11H24N2O/c1-5-7-8-10(13-12)11(9(3)4)14-6-2/h5,9-11,13H,1,6-8,12H2,2-4H3. The highest BCUT2D eigenvalue weighted by Gasteiger charge is 2.23. The van der Waals surface area contributed by atoms with Crippen LogP contribution in [-0.2, 0) is 4.74 Å². The maximum Gasteiger partial charge on any atom is 0.0764 e. The molecule has 0 saturated carbocycles. The molecule has 3 heteroatoms. The molecular weight excluding hydrogens is 176 g/mol. The molecular formula is C11H24N2O. The van der Waals surface area contributed by atoms with Gasteiger partial charge in [0.25, 0.3) is 0 Å². The van der Waals surface area contributed by atoms with Crippen LogP contribution in [0.25, 0.3) is 0 Å².